The molecule has 6 heteroatoms. The van der Waals surface area contributed by atoms with Gasteiger partial charge in [0.25, 0.3) is 0 Å². The minimum atomic E-state index is -4.34. The molecule has 0 fully saturated rings. The summed E-state index contributed by atoms with van der Waals surface area (Å²) < 4.78 is 40.0. The van der Waals surface area contributed by atoms with E-state index in [4.69, 9.17) is 11.6 Å². The van der Waals surface area contributed by atoms with Gasteiger partial charge in [-0.3, -0.25) is 0 Å². The minimum Gasteiger partial charge on any atom is -0.484 e. The maximum absolute atomic E-state index is 11.8. The van der Waals surface area contributed by atoms with Crippen LogP contribution in [0.2, 0.25) is 5.02 Å². The molecule has 0 unspecified atom stereocenters. The number of alkyl halides is 3. The Kier molecular flexibility index (Phi) is 3.68. The number of ether oxygens (including phenoxy) is 1. The van der Waals surface area contributed by atoms with Crippen molar-refractivity contribution in [2.45, 2.75) is 6.18 Å². The first-order chi connectivity index (χ1) is 6.92. The fourth-order valence-corrected chi connectivity index (χ4v) is 1.22. The highest BCUT2D eigenvalue weighted by molar-refractivity contribution is 6.33. The maximum Gasteiger partial charge on any atom is 0.422 e. The molecule has 0 bridgehead atoms. The van der Waals surface area contributed by atoms with Crippen LogP contribution in [0.1, 0.15) is 0 Å². The third kappa shape index (κ3) is 3.87. The van der Waals surface area contributed by atoms with Crippen molar-refractivity contribution in [3.05, 3.63) is 23.2 Å². The van der Waals surface area contributed by atoms with Gasteiger partial charge >= 0.3 is 6.18 Å². The largest absolute Gasteiger partial charge is 0.484 e. The summed E-state index contributed by atoms with van der Waals surface area (Å²) in [5, 5.41) is 3.10. The molecule has 0 aliphatic carbocycles. The second kappa shape index (κ2) is 4.61. The van der Waals surface area contributed by atoms with Crippen molar-refractivity contribution in [2.75, 3.05) is 19.0 Å². The Morgan fingerprint density at radius 2 is 2.07 bits per heavy atom. The molecule has 2 nitrogen and oxygen atoms in total. The van der Waals surface area contributed by atoms with Gasteiger partial charge in [0, 0.05) is 13.1 Å². The zero-order valence-electron chi connectivity index (χ0n) is 7.86. The SMILES string of the molecule is CNc1ccc(OCC(F)(F)F)cc1Cl. The van der Waals surface area contributed by atoms with E-state index < -0.39 is 12.8 Å². The Bertz CT molecular complexity index is 341. The first-order valence-corrected chi connectivity index (χ1v) is 4.47. The van der Waals surface area contributed by atoms with Gasteiger partial charge in [0.15, 0.2) is 6.61 Å². The lowest BCUT2D eigenvalue weighted by Gasteiger charge is -2.10. The molecule has 0 spiro atoms. The number of rotatable bonds is 3. The molecule has 0 heterocycles. The van der Waals surface area contributed by atoms with E-state index in [0.29, 0.717) is 10.7 Å². The third-order valence-electron chi connectivity index (χ3n) is 1.61. The quantitative estimate of drug-likeness (QED) is 0.874. The monoisotopic (exact) mass is 239 g/mol. The van der Waals surface area contributed by atoms with Crippen molar-refractivity contribution in [3.8, 4) is 5.75 Å². The minimum absolute atomic E-state index is 0.0938. The van der Waals surface area contributed by atoms with Gasteiger partial charge < -0.3 is 10.1 Å². The lowest BCUT2D eigenvalue weighted by Crippen LogP contribution is -2.19. The fourth-order valence-electron chi connectivity index (χ4n) is 0.954. The van der Waals surface area contributed by atoms with E-state index >= 15 is 0 Å². The molecule has 1 aromatic carbocycles. The summed E-state index contributed by atoms with van der Waals surface area (Å²) in [5.41, 5.74) is 0.635. The molecule has 0 radical (unpaired) electrons. The summed E-state index contributed by atoms with van der Waals surface area (Å²) in [4.78, 5) is 0. The summed E-state index contributed by atoms with van der Waals surface area (Å²) in [6.07, 6.45) is -4.34. The van der Waals surface area contributed by atoms with Crippen LogP contribution in [0.5, 0.6) is 5.75 Å². The highest BCUT2D eigenvalue weighted by atomic mass is 35.5. The predicted molar refractivity (Wildman–Crippen MR) is 52.5 cm³/mol. The number of anilines is 1. The molecule has 0 aliphatic heterocycles. The van der Waals surface area contributed by atoms with Gasteiger partial charge in [-0.1, -0.05) is 11.6 Å². The van der Waals surface area contributed by atoms with Crippen LogP contribution in [0.15, 0.2) is 18.2 Å². The summed E-state index contributed by atoms with van der Waals surface area (Å²) >= 11 is 5.76. The Morgan fingerprint density at radius 3 is 2.53 bits per heavy atom. The molecule has 0 saturated carbocycles. The van der Waals surface area contributed by atoms with Crippen LogP contribution in [0.25, 0.3) is 0 Å². The second-order valence-electron chi connectivity index (χ2n) is 2.80. The third-order valence-corrected chi connectivity index (χ3v) is 1.93. The molecule has 0 atom stereocenters. The van der Waals surface area contributed by atoms with Crippen molar-refractivity contribution in [3.63, 3.8) is 0 Å². The Labute approximate surface area is 90.0 Å². The Balaban J connectivity index is 2.68. The van der Waals surface area contributed by atoms with E-state index in [2.05, 4.69) is 10.1 Å². The molecule has 1 N–H and O–H groups in total. The van der Waals surface area contributed by atoms with E-state index in [9.17, 15) is 13.2 Å². The van der Waals surface area contributed by atoms with Crippen LogP contribution in [0, 0.1) is 0 Å². The van der Waals surface area contributed by atoms with Crippen LogP contribution >= 0.6 is 11.6 Å². The van der Waals surface area contributed by atoms with Crippen molar-refractivity contribution in [1.29, 1.82) is 0 Å². The van der Waals surface area contributed by atoms with Gasteiger partial charge in [0.2, 0.25) is 0 Å². The summed E-state index contributed by atoms with van der Waals surface area (Å²) in [6, 6.07) is 4.30. The van der Waals surface area contributed by atoms with Gasteiger partial charge in [-0.15, -0.1) is 0 Å². The van der Waals surface area contributed by atoms with Crippen LogP contribution in [-0.2, 0) is 0 Å². The van der Waals surface area contributed by atoms with Crippen molar-refractivity contribution in [1.82, 2.24) is 0 Å². The standard InChI is InChI=1S/C9H9ClF3NO/c1-14-8-3-2-6(4-7(8)10)15-5-9(11,12)13/h2-4,14H,5H2,1H3. The van der Waals surface area contributed by atoms with Gasteiger partial charge in [-0.25, -0.2) is 0 Å². The zero-order valence-corrected chi connectivity index (χ0v) is 8.62. The first kappa shape index (κ1) is 12.0. The molecule has 0 saturated heterocycles. The first-order valence-electron chi connectivity index (χ1n) is 4.09. The number of benzene rings is 1. The lowest BCUT2D eigenvalue weighted by atomic mass is 10.3. The topological polar surface area (TPSA) is 21.3 Å². The maximum atomic E-state index is 11.8. The molecule has 15 heavy (non-hydrogen) atoms. The predicted octanol–water partition coefficient (Wildman–Crippen LogP) is 3.32. The average molecular weight is 240 g/mol. The highest BCUT2D eigenvalue weighted by Gasteiger charge is 2.28. The molecule has 84 valence electrons. The molecular formula is C9H9ClF3NO. The van der Waals surface area contributed by atoms with Crippen LogP contribution in [-0.4, -0.2) is 19.8 Å². The summed E-state index contributed by atoms with van der Waals surface area (Å²) in [7, 11) is 1.66. The van der Waals surface area contributed by atoms with Crippen LogP contribution < -0.4 is 10.1 Å². The number of nitrogens with one attached hydrogen (secondary N) is 1. The van der Waals surface area contributed by atoms with Crippen LogP contribution in [0.4, 0.5) is 18.9 Å². The normalized spacial score (nSPS) is 11.3. The number of hydrogen-bond acceptors (Lipinski definition) is 2. The molecular weight excluding hydrogens is 231 g/mol. The van der Waals surface area contributed by atoms with E-state index in [1.54, 1.807) is 13.1 Å². The Morgan fingerprint density at radius 1 is 1.40 bits per heavy atom. The smallest absolute Gasteiger partial charge is 0.422 e. The summed E-state index contributed by atoms with van der Waals surface area (Å²) in [6.45, 7) is -1.32. The van der Waals surface area contributed by atoms with E-state index in [0.717, 1.165) is 0 Å². The zero-order chi connectivity index (χ0) is 11.5. The van der Waals surface area contributed by atoms with Gasteiger partial charge in [-0.2, -0.15) is 13.2 Å². The van der Waals surface area contributed by atoms with Crippen molar-refractivity contribution in [2.24, 2.45) is 0 Å². The molecule has 0 amide bonds. The van der Waals surface area contributed by atoms with E-state index in [-0.39, 0.29) is 5.75 Å². The lowest BCUT2D eigenvalue weighted by molar-refractivity contribution is -0.153. The van der Waals surface area contributed by atoms with E-state index in [1.807, 2.05) is 0 Å². The van der Waals surface area contributed by atoms with Crippen molar-refractivity contribution < 1.29 is 17.9 Å². The number of hydrogen-bond donors (Lipinski definition) is 1. The number of halogens is 4. The van der Waals surface area contributed by atoms with E-state index in [1.165, 1.54) is 12.1 Å². The van der Waals surface area contributed by atoms with Gasteiger partial charge in [0.05, 0.1) is 10.7 Å². The highest BCUT2D eigenvalue weighted by Crippen LogP contribution is 2.27. The Hall–Kier alpha value is -1.10. The van der Waals surface area contributed by atoms with Crippen LogP contribution in [0.3, 0.4) is 0 Å². The molecule has 0 aliphatic rings. The van der Waals surface area contributed by atoms with Crippen molar-refractivity contribution >= 4 is 17.3 Å². The van der Waals surface area contributed by atoms with Gasteiger partial charge in [0.1, 0.15) is 5.75 Å². The second-order valence-corrected chi connectivity index (χ2v) is 3.20. The molecule has 1 aromatic rings. The fraction of sp³-hybridized carbons (Fsp3) is 0.333. The van der Waals surface area contributed by atoms with Gasteiger partial charge in [-0.05, 0) is 12.1 Å². The molecule has 0 aromatic heterocycles. The average Bonchev–Trinajstić information content (AvgIpc) is 2.14. The summed E-state index contributed by atoms with van der Waals surface area (Å²) in [5.74, 6) is 0.0938. The molecule has 1 rings (SSSR count).